The highest BCUT2D eigenvalue weighted by Gasteiger charge is 2.12. The molecule has 2 heterocycles. The second kappa shape index (κ2) is 5.85. The fourth-order valence-electron chi connectivity index (χ4n) is 2.11. The van der Waals surface area contributed by atoms with Gasteiger partial charge in [-0.15, -0.1) is 0 Å². The van der Waals surface area contributed by atoms with Gasteiger partial charge in [0, 0.05) is 11.8 Å². The Hall–Kier alpha value is -1.09. The van der Waals surface area contributed by atoms with Crippen LogP contribution in [0.5, 0.6) is 5.88 Å². The van der Waals surface area contributed by atoms with E-state index in [0.717, 1.165) is 36.9 Å². The third kappa shape index (κ3) is 3.20. The lowest BCUT2D eigenvalue weighted by molar-refractivity contribution is 0.246. The molecule has 0 spiro atoms. The van der Waals surface area contributed by atoms with Crippen LogP contribution in [0.1, 0.15) is 24.8 Å². The fourth-order valence-corrected chi connectivity index (χ4v) is 2.11. The lowest BCUT2D eigenvalue weighted by Gasteiger charge is -2.22. The van der Waals surface area contributed by atoms with E-state index >= 15 is 0 Å². The zero-order chi connectivity index (χ0) is 11.2. The van der Waals surface area contributed by atoms with Gasteiger partial charge in [0.1, 0.15) is 0 Å². The summed E-state index contributed by atoms with van der Waals surface area (Å²) in [6.07, 6.45) is 5.54. The Labute approximate surface area is 97.2 Å². The number of hydrogen-bond donors (Lipinski definition) is 1. The molecule has 3 nitrogen and oxygen atoms in total. The third-order valence-electron chi connectivity index (χ3n) is 3.13. The molecule has 0 saturated carbocycles. The number of piperidine rings is 1. The quantitative estimate of drug-likeness (QED) is 0.844. The van der Waals surface area contributed by atoms with Gasteiger partial charge in [-0.05, 0) is 51.3 Å². The van der Waals surface area contributed by atoms with Crippen molar-refractivity contribution in [3.05, 3.63) is 23.9 Å². The van der Waals surface area contributed by atoms with Crippen LogP contribution in [-0.4, -0.2) is 24.7 Å². The van der Waals surface area contributed by atoms with Gasteiger partial charge in [0.2, 0.25) is 5.88 Å². The van der Waals surface area contributed by atoms with Gasteiger partial charge in [0.25, 0.3) is 0 Å². The van der Waals surface area contributed by atoms with E-state index in [0.29, 0.717) is 0 Å². The Morgan fingerprint density at radius 2 is 2.50 bits per heavy atom. The van der Waals surface area contributed by atoms with E-state index in [4.69, 9.17) is 4.74 Å². The van der Waals surface area contributed by atoms with E-state index in [9.17, 15) is 0 Å². The Kier molecular flexibility index (Phi) is 4.17. The SMILES string of the molecule is Cc1cccnc1OCCC1CCCNC1. The van der Waals surface area contributed by atoms with Crippen LogP contribution in [0.15, 0.2) is 18.3 Å². The smallest absolute Gasteiger partial charge is 0.216 e. The maximum Gasteiger partial charge on any atom is 0.216 e. The lowest BCUT2D eigenvalue weighted by atomic mass is 9.97. The molecular weight excluding hydrogens is 200 g/mol. The molecule has 0 aliphatic carbocycles. The highest BCUT2D eigenvalue weighted by molar-refractivity contribution is 5.23. The van der Waals surface area contributed by atoms with E-state index < -0.39 is 0 Å². The molecule has 3 heteroatoms. The Bertz CT molecular complexity index is 321. The monoisotopic (exact) mass is 220 g/mol. The van der Waals surface area contributed by atoms with Gasteiger partial charge in [-0.25, -0.2) is 4.98 Å². The molecule has 0 bridgehead atoms. The van der Waals surface area contributed by atoms with Crippen LogP contribution in [0, 0.1) is 12.8 Å². The lowest BCUT2D eigenvalue weighted by Crippen LogP contribution is -2.30. The number of aromatic nitrogens is 1. The second-order valence-corrected chi connectivity index (χ2v) is 4.47. The predicted molar refractivity (Wildman–Crippen MR) is 64.7 cm³/mol. The van der Waals surface area contributed by atoms with Crippen LogP contribution >= 0.6 is 0 Å². The van der Waals surface area contributed by atoms with E-state index in [1.165, 1.54) is 19.4 Å². The minimum Gasteiger partial charge on any atom is -0.477 e. The molecule has 1 aliphatic heterocycles. The molecule has 16 heavy (non-hydrogen) atoms. The minimum absolute atomic E-state index is 0.776. The zero-order valence-electron chi connectivity index (χ0n) is 9.91. The predicted octanol–water partition coefficient (Wildman–Crippen LogP) is 2.16. The minimum atomic E-state index is 0.776. The molecule has 1 saturated heterocycles. The summed E-state index contributed by atoms with van der Waals surface area (Å²) in [5.74, 6) is 1.56. The molecule has 0 aromatic carbocycles. The topological polar surface area (TPSA) is 34.1 Å². The number of ether oxygens (including phenoxy) is 1. The van der Waals surface area contributed by atoms with E-state index in [1.807, 2.05) is 19.1 Å². The number of nitrogens with zero attached hydrogens (tertiary/aromatic N) is 1. The molecule has 1 aromatic rings. The van der Waals surface area contributed by atoms with Gasteiger partial charge in [-0.2, -0.15) is 0 Å². The standard InChI is InChI=1S/C13H20N2O/c1-11-4-2-8-15-13(11)16-9-6-12-5-3-7-14-10-12/h2,4,8,12,14H,3,5-7,9-10H2,1H3. The van der Waals surface area contributed by atoms with Crippen molar-refractivity contribution >= 4 is 0 Å². The van der Waals surface area contributed by atoms with Crippen LogP contribution in [0.4, 0.5) is 0 Å². The van der Waals surface area contributed by atoms with Crippen molar-refractivity contribution in [2.75, 3.05) is 19.7 Å². The number of rotatable bonds is 4. The van der Waals surface area contributed by atoms with E-state index in [2.05, 4.69) is 10.3 Å². The highest BCUT2D eigenvalue weighted by atomic mass is 16.5. The van der Waals surface area contributed by atoms with Crippen LogP contribution < -0.4 is 10.1 Å². The first kappa shape index (κ1) is 11.4. The van der Waals surface area contributed by atoms with Crippen molar-refractivity contribution in [1.29, 1.82) is 0 Å². The molecule has 1 atom stereocenters. The maximum atomic E-state index is 5.70. The number of nitrogens with one attached hydrogen (secondary N) is 1. The molecule has 1 unspecified atom stereocenters. The largest absolute Gasteiger partial charge is 0.477 e. The maximum absolute atomic E-state index is 5.70. The van der Waals surface area contributed by atoms with Crippen molar-refractivity contribution in [3.8, 4) is 5.88 Å². The number of aryl methyl sites for hydroxylation is 1. The van der Waals surface area contributed by atoms with Crippen molar-refractivity contribution in [1.82, 2.24) is 10.3 Å². The average molecular weight is 220 g/mol. The molecule has 0 amide bonds. The van der Waals surface area contributed by atoms with Crippen molar-refractivity contribution in [2.45, 2.75) is 26.2 Å². The second-order valence-electron chi connectivity index (χ2n) is 4.47. The van der Waals surface area contributed by atoms with Gasteiger partial charge in [-0.3, -0.25) is 0 Å². The molecular formula is C13H20N2O. The first-order chi connectivity index (χ1) is 7.86. The molecule has 1 aromatic heterocycles. The zero-order valence-corrected chi connectivity index (χ0v) is 9.91. The van der Waals surface area contributed by atoms with Crippen molar-refractivity contribution < 1.29 is 4.74 Å². The molecule has 0 radical (unpaired) electrons. The summed E-state index contributed by atoms with van der Waals surface area (Å²) >= 11 is 0. The van der Waals surface area contributed by atoms with Crippen molar-refractivity contribution in [2.24, 2.45) is 5.92 Å². The first-order valence-corrected chi connectivity index (χ1v) is 6.11. The molecule has 88 valence electrons. The van der Waals surface area contributed by atoms with Gasteiger partial charge in [0.05, 0.1) is 6.61 Å². The van der Waals surface area contributed by atoms with E-state index in [-0.39, 0.29) is 0 Å². The van der Waals surface area contributed by atoms with Crippen LogP contribution in [0.2, 0.25) is 0 Å². The van der Waals surface area contributed by atoms with Crippen LogP contribution in [0.3, 0.4) is 0 Å². The summed E-state index contributed by atoms with van der Waals surface area (Å²) in [7, 11) is 0. The summed E-state index contributed by atoms with van der Waals surface area (Å²) < 4.78 is 5.70. The normalized spacial score (nSPS) is 20.7. The number of hydrogen-bond acceptors (Lipinski definition) is 3. The van der Waals surface area contributed by atoms with E-state index in [1.54, 1.807) is 6.20 Å². The van der Waals surface area contributed by atoms with Gasteiger partial charge < -0.3 is 10.1 Å². The number of pyridine rings is 1. The Balaban J connectivity index is 1.73. The highest BCUT2D eigenvalue weighted by Crippen LogP contribution is 2.16. The summed E-state index contributed by atoms with van der Waals surface area (Å²) in [6, 6.07) is 3.97. The van der Waals surface area contributed by atoms with Gasteiger partial charge >= 0.3 is 0 Å². The van der Waals surface area contributed by atoms with Crippen LogP contribution in [-0.2, 0) is 0 Å². The van der Waals surface area contributed by atoms with Gasteiger partial charge in [0.15, 0.2) is 0 Å². The van der Waals surface area contributed by atoms with Crippen molar-refractivity contribution in [3.63, 3.8) is 0 Å². The fraction of sp³-hybridized carbons (Fsp3) is 0.615. The summed E-state index contributed by atoms with van der Waals surface area (Å²) in [5.41, 5.74) is 1.12. The third-order valence-corrected chi connectivity index (χ3v) is 3.13. The first-order valence-electron chi connectivity index (χ1n) is 6.11. The molecule has 1 N–H and O–H groups in total. The summed E-state index contributed by atoms with van der Waals surface area (Å²) in [4.78, 5) is 4.22. The molecule has 1 fully saturated rings. The van der Waals surface area contributed by atoms with Crippen LogP contribution in [0.25, 0.3) is 0 Å². The summed E-state index contributed by atoms with van der Waals surface area (Å²) in [5, 5.41) is 3.42. The summed E-state index contributed by atoms with van der Waals surface area (Å²) in [6.45, 7) is 5.13. The Morgan fingerprint density at radius 3 is 3.25 bits per heavy atom. The van der Waals surface area contributed by atoms with Gasteiger partial charge in [-0.1, -0.05) is 6.07 Å². The molecule has 2 rings (SSSR count). The Morgan fingerprint density at radius 1 is 1.56 bits per heavy atom. The molecule has 1 aliphatic rings. The average Bonchev–Trinajstić information content (AvgIpc) is 2.33.